The Morgan fingerprint density at radius 2 is 1.58 bits per heavy atom. The topological polar surface area (TPSA) is 101 Å². The molecule has 1 heterocycles. The van der Waals surface area contributed by atoms with Gasteiger partial charge in [0, 0.05) is 25.7 Å². The van der Waals surface area contributed by atoms with Gasteiger partial charge in [-0.15, -0.1) is 5.06 Å². The number of imide groups is 1. The molecule has 0 aliphatic carbocycles. The Labute approximate surface area is 111 Å². The molecule has 0 saturated carbocycles. The molecule has 0 unspecified atom stereocenters. The van der Waals surface area contributed by atoms with Gasteiger partial charge in [0.2, 0.25) is 0 Å². The minimum Gasteiger partial charge on any atom is -0.481 e. The van der Waals surface area contributed by atoms with Gasteiger partial charge in [0.1, 0.15) is 0 Å². The predicted molar refractivity (Wildman–Crippen MR) is 64.6 cm³/mol. The Kier molecular flexibility index (Phi) is 8.15. The van der Waals surface area contributed by atoms with Crippen LogP contribution < -0.4 is 0 Å². The summed E-state index contributed by atoms with van der Waals surface area (Å²) in [6, 6.07) is 0. The number of aliphatic carboxylic acids is 1. The number of rotatable bonds is 5. The van der Waals surface area contributed by atoms with Crippen LogP contribution in [-0.4, -0.2) is 33.9 Å². The van der Waals surface area contributed by atoms with Gasteiger partial charge in [-0.05, 0) is 12.8 Å². The molecule has 2 amide bonds. The first-order valence-corrected chi connectivity index (χ1v) is 6.20. The lowest BCUT2D eigenvalue weighted by atomic mass is 10.3. The molecule has 7 nitrogen and oxygen atoms in total. The van der Waals surface area contributed by atoms with Crippen LogP contribution in [0.1, 0.15) is 52.4 Å². The fraction of sp³-hybridized carbons (Fsp3) is 0.667. The average molecular weight is 273 g/mol. The molecule has 1 aliphatic rings. The molecular formula is C12H19NO6. The highest BCUT2D eigenvalue weighted by Gasteiger charge is 2.32. The lowest BCUT2D eigenvalue weighted by molar-refractivity contribution is -0.197. The number of carboxylic acids is 1. The Hall–Kier alpha value is -1.92. The van der Waals surface area contributed by atoms with Crippen LogP contribution >= 0.6 is 0 Å². The van der Waals surface area contributed by atoms with Gasteiger partial charge in [0.25, 0.3) is 11.8 Å². The molecule has 0 radical (unpaired) electrons. The zero-order valence-electron chi connectivity index (χ0n) is 11.2. The molecule has 1 N–H and O–H groups in total. The van der Waals surface area contributed by atoms with Crippen molar-refractivity contribution in [2.45, 2.75) is 52.4 Å². The van der Waals surface area contributed by atoms with E-state index >= 15 is 0 Å². The zero-order valence-corrected chi connectivity index (χ0v) is 11.2. The number of carbonyl (C=O) groups is 4. The van der Waals surface area contributed by atoms with E-state index < -0.39 is 23.8 Å². The summed E-state index contributed by atoms with van der Waals surface area (Å²) in [5.41, 5.74) is 0. The van der Waals surface area contributed by atoms with E-state index in [-0.39, 0.29) is 19.3 Å². The van der Waals surface area contributed by atoms with Crippen molar-refractivity contribution in [2.75, 3.05) is 0 Å². The normalized spacial score (nSPS) is 13.9. The van der Waals surface area contributed by atoms with Crippen LogP contribution in [0.25, 0.3) is 0 Å². The van der Waals surface area contributed by atoms with E-state index in [0.717, 1.165) is 6.42 Å². The lowest BCUT2D eigenvalue weighted by Gasteiger charge is -2.11. The molecule has 108 valence electrons. The third-order valence-electron chi connectivity index (χ3n) is 2.12. The fourth-order valence-electron chi connectivity index (χ4n) is 1.22. The van der Waals surface area contributed by atoms with Gasteiger partial charge in [-0.1, -0.05) is 13.8 Å². The van der Waals surface area contributed by atoms with Crippen LogP contribution in [0.2, 0.25) is 0 Å². The SMILES string of the molecule is CCCC(=O)O.CCCC(=O)ON1C(=O)CCC1=O. The van der Waals surface area contributed by atoms with Gasteiger partial charge in [0.15, 0.2) is 0 Å². The molecular weight excluding hydrogens is 254 g/mol. The number of carbonyl (C=O) groups excluding carboxylic acids is 3. The summed E-state index contributed by atoms with van der Waals surface area (Å²) in [5, 5.41) is 8.48. The second-order valence-corrected chi connectivity index (χ2v) is 3.94. The highest BCUT2D eigenvalue weighted by molar-refractivity contribution is 6.01. The van der Waals surface area contributed by atoms with Crippen LogP contribution in [0.5, 0.6) is 0 Å². The van der Waals surface area contributed by atoms with Gasteiger partial charge in [0.05, 0.1) is 0 Å². The summed E-state index contributed by atoms with van der Waals surface area (Å²) in [7, 11) is 0. The number of hydrogen-bond acceptors (Lipinski definition) is 5. The van der Waals surface area contributed by atoms with Crippen molar-refractivity contribution in [1.82, 2.24) is 5.06 Å². The highest BCUT2D eigenvalue weighted by atomic mass is 16.7. The van der Waals surface area contributed by atoms with Gasteiger partial charge < -0.3 is 9.94 Å². The molecule has 0 aromatic heterocycles. The van der Waals surface area contributed by atoms with Crippen LogP contribution in [0.3, 0.4) is 0 Å². The van der Waals surface area contributed by atoms with Crippen LogP contribution in [0, 0.1) is 0 Å². The third kappa shape index (κ3) is 7.17. The van der Waals surface area contributed by atoms with Crippen LogP contribution in [0.15, 0.2) is 0 Å². The van der Waals surface area contributed by atoms with E-state index in [1.807, 2.05) is 13.8 Å². The summed E-state index contributed by atoms with van der Waals surface area (Å²) >= 11 is 0. The minimum atomic E-state index is -0.711. The molecule has 7 heteroatoms. The van der Waals surface area contributed by atoms with Crippen LogP contribution in [-0.2, 0) is 24.0 Å². The van der Waals surface area contributed by atoms with Gasteiger partial charge in [-0.3, -0.25) is 14.4 Å². The zero-order chi connectivity index (χ0) is 14.8. The lowest BCUT2D eigenvalue weighted by Crippen LogP contribution is -2.31. The van der Waals surface area contributed by atoms with Crippen molar-refractivity contribution in [1.29, 1.82) is 0 Å². The number of amides is 2. The maximum absolute atomic E-state index is 11.0. The van der Waals surface area contributed by atoms with Crippen molar-refractivity contribution in [3.8, 4) is 0 Å². The van der Waals surface area contributed by atoms with E-state index in [1.54, 1.807) is 0 Å². The number of hydroxylamine groups is 2. The van der Waals surface area contributed by atoms with E-state index in [2.05, 4.69) is 4.84 Å². The fourth-order valence-corrected chi connectivity index (χ4v) is 1.22. The maximum Gasteiger partial charge on any atom is 0.333 e. The molecule has 0 spiro atoms. The van der Waals surface area contributed by atoms with Crippen molar-refractivity contribution < 1.29 is 29.1 Å². The summed E-state index contributed by atoms with van der Waals surface area (Å²) in [6.07, 6.45) is 2.15. The number of carboxylic acid groups (broad SMARTS) is 1. The Balaban J connectivity index is 0.000000459. The third-order valence-corrected chi connectivity index (χ3v) is 2.12. The maximum atomic E-state index is 11.0. The molecule has 0 aromatic carbocycles. The monoisotopic (exact) mass is 273 g/mol. The molecule has 1 aliphatic heterocycles. The molecule has 0 aromatic rings. The Morgan fingerprint density at radius 3 is 1.89 bits per heavy atom. The Morgan fingerprint density at radius 1 is 1.11 bits per heavy atom. The molecule has 0 atom stereocenters. The Bertz CT molecular complexity index is 336. The molecule has 0 bridgehead atoms. The molecule has 1 saturated heterocycles. The molecule has 1 rings (SSSR count). The molecule has 19 heavy (non-hydrogen) atoms. The van der Waals surface area contributed by atoms with Crippen LogP contribution in [0.4, 0.5) is 0 Å². The second-order valence-electron chi connectivity index (χ2n) is 3.94. The van der Waals surface area contributed by atoms with Crippen molar-refractivity contribution in [2.24, 2.45) is 0 Å². The molecule has 1 fully saturated rings. The quantitative estimate of drug-likeness (QED) is 0.757. The summed E-state index contributed by atoms with van der Waals surface area (Å²) < 4.78 is 0. The second kappa shape index (κ2) is 9.07. The van der Waals surface area contributed by atoms with E-state index in [1.165, 1.54) is 0 Å². The average Bonchev–Trinajstić information content (AvgIpc) is 2.62. The summed E-state index contributed by atoms with van der Waals surface area (Å²) in [4.78, 5) is 47.0. The van der Waals surface area contributed by atoms with Gasteiger partial charge >= 0.3 is 11.9 Å². The van der Waals surface area contributed by atoms with E-state index in [4.69, 9.17) is 5.11 Å². The standard InChI is InChI=1S/C8H11NO4.C4H8O2/c1-2-3-8(12)13-9-6(10)4-5-7(9)11;1-2-3-4(5)6/h2-5H2,1H3;2-3H2,1H3,(H,5,6). The first-order valence-electron chi connectivity index (χ1n) is 6.20. The smallest absolute Gasteiger partial charge is 0.333 e. The van der Waals surface area contributed by atoms with E-state index in [0.29, 0.717) is 17.9 Å². The van der Waals surface area contributed by atoms with E-state index in [9.17, 15) is 19.2 Å². The van der Waals surface area contributed by atoms with Gasteiger partial charge in [-0.2, -0.15) is 0 Å². The van der Waals surface area contributed by atoms with Crippen molar-refractivity contribution in [3.05, 3.63) is 0 Å². The largest absolute Gasteiger partial charge is 0.481 e. The summed E-state index contributed by atoms with van der Waals surface area (Å²) in [6.45, 7) is 3.66. The first-order chi connectivity index (χ1) is 8.92. The first kappa shape index (κ1) is 17.1. The predicted octanol–water partition coefficient (Wildman–Crippen LogP) is 1.26. The minimum absolute atomic E-state index is 0.137. The number of nitrogens with zero attached hydrogens (tertiary/aromatic N) is 1. The highest BCUT2D eigenvalue weighted by Crippen LogP contribution is 2.12. The van der Waals surface area contributed by atoms with Crippen molar-refractivity contribution >= 4 is 23.8 Å². The van der Waals surface area contributed by atoms with Gasteiger partial charge in [-0.25, -0.2) is 4.79 Å². The summed E-state index contributed by atoms with van der Waals surface area (Å²) in [5.74, 6) is -2.12. The number of hydrogen-bond donors (Lipinski definition) is 1. The van der Waals surface area contributed by atoms with Crippen molar-refractivity contribution in [3.63, 3.8) is 0 Å².